The van der Waals surface area contributed by atoms with Crippen LogP contribution >= 0.6 is 0 Å². The highest BCUT2D eigenvalue weighted by molar-refractivity contribution is 7.86. The molecule has 0 N–H and O–H groups in total. The van der Waals surface area contributed by atoms with Crippen LogP contribution in [-0.2, 0) is 10.2 Å². The van der Waals surface area contributed by atoms with Crippen molar-refractivity contribution < 1.29 is 17.1 Å². The number of Topliss-reactive ketones (excluding diaryl/α,β-unsaturated/α-hetero) is 1. The maximum absolute atomic E-state index is 12.6. The van der Waals surface area contributed by atoms with Crippen molar-refractivity contribution >= 4 is 16.0 Å². The van der Waals surface area contributed by atoms with Crippen molar-refractivity contribution in [2.75, 3.05) is 0 Å². The van der Waals surface area contributed by atoms with E-state index in [0.29, 0.717) is 0 Å². The Labute approximate surface area is 75.4 Å². The highest BCUT2D eigenvalue weighted by Crippen LogP contribution is 2.17. The van der Waals surface area contributed by atoms with Gasteiger partial charge in [-0.3, -0.25) is 4.79 Å². The summed E-state index contributed by atoms with van der Waals surface area (Å²) in [5.41, 5.74) is -0.120. The molecule has 3 nitrogen and oxygen atoms in total. The van der Waals surface area contributed by atoms with Crippen LogP contribution in [0.25, 0.3) is 0 Å². The molecule has 0 aliphatic carbocycles. The Bertz CT molecular complexity index is 436. The lowest BCUT2D eigenvalue weighted by Gasteiger charge is -2.00. The standard InChI is InChI=1S/C8H7FO3S/c1-6(10)7-4-2-3-5-8(7)13(9,11)12/h2-5H,1H3. The molecule has 1 rings (SSSR count). The summed E-state index contributed by atoms with van der Waals surface area (Å²) < 4.78 is 33.6. The zero-order valence-electron chi connectivity index (χ0n) is 6.82. The maximum atomic E-state index is 12.6. The van der Waals surface area contributed by atoms with Gasteiger partial charge >= 0.3 is 10.2 Å². The van der Waals surface area contributed by atoms with Gasteiger partial charge in [0.25, 0.3) is 0 Å². The van der Waals surface area contributed by atoms with Crippen LogP contribution in [0.15, 0.2) is 29.2 Å². The normalized spacial score (nSPS) is 11.2. The number of benzene rings is 1. The molecule has 0 radical (unpaired) electrons. The van der Waals surface area contributed by atoms with Gasteiger partial charge in [0, 0.05) is 5.56 Å². The van der Waals surface area contributed by atoms with Crippen LogP contribution in [0, 0.1) is 0 Å². The van der Waals surface area contributed by atoms with E-state index >= 15 is 0 Å². The zero-order valence-corrected chi connectivity index (χ0v) is 7.64. The molecule has 0 aromatic heterocycles. The van der Waals surface area contributed by atoms with Crippen LogP contribution in [-0.4, -0.2) is 14.2 Å². The van der Waals surface area contributed by atoms with Crippen molar-refractivity contribution in [1.82, 2.24) is 0 Å². The number of carbonyl (C=O) groups is 1. The van der Waals surface area contributed by atoms with E-state index < -0.39 is 20.9 Å². The Morgan fingerprint density at radius 1 is 1.31 bits per heavy atom. The van der Waals surface area contributed by atoms with E-state index in [2.05, 4.69) is 0 Å². The van der Waals surface area contributed by atoms with E-state index in [1.54, 1.807) is 0 Å². The molecule has 70 valence electrons. The molecule has 0 unspecified atom stereocenters. The molecule has 0 atom stereocenters. The molecule has 0 saturated heterocycles. The van der Waals surface area contributed by atoms with Crippen molar-refractivity contribution in [3.8, 4) is 0 Å². The average molecular weight is 202 g/mol. The van der Waals surface area contributed by atoms with E-state index in [1.807, 2.05) is 0 Å². The smallest absolute Gasteiger partial charge is 0.294 e. The van der Waals surface area contributed by atoms with Gasteiger partial charge in [0.2, 0.25) is 0 Å². The predicted molar refractivity (Wildman–Crippen MR) is 44.7 cm³/mol. The summed E-state index contributed by atoms with van der Waals surface area (Å²) in [6.07, 6.45) is 0. The second-order valence-electron chi connectivity index (χ2n) is 2.49. The first kappa shape index (κ1) is 9.85. The maximum Gasteiger partial charge on any atom is 0.332 e. The Kier molecular flexibility index (Phi) is 2.47. The molecular formula is C8H7FO3S. The van der Waals surface area contributed by atoms with E-state index in [9.17, 15) is 17.1 Å². The Balaban J connectivity index is 3.46. The minimum absolute atomic E-state index is 0.120. The molecule has 5 heteroatoms. The largest absolute Gasteiger partial charge is 0.332 e. The molecule has 0 amide bonds. The fourth-order valence-corrected chi connectivity index (χ4v) is 1.69. The average Bonchev–Trinajstić information content (AvgIpc) is 2.03. The minimum atomic E-state index is -4.80. The fraction of sp³-hybridized carbons (Fsp3) is 0.125. The molecule has 0 aliphatic heterocycles. The van der Waals surface area contributed by atoms with Gasteiger partial charge in [-0.15, -0.1) is 3.89 Å². The van der Waals surface area contributed by atoms with Crippen LogP contribution in [0.5, 0.6) is 0 Å². The third-order valence-corrected chi connectivity index (χ3v) is 2.41. The van der Waals surface area contributed by atoms with Crippen LogP contribution in [0.2, 0.25) is 0 Å². The second-order valence-corrected chi connectivity index (χ2v) is 3.81. The molecule has 0 spiro atoms. The third kappa shape index (κ3) is 2.12. The summed E-state index contributed by atoms with van der Waals surface area (Å²) in [6, 6.07) is 5.17. The first-order chi connectivity index (χ1) is 5.93. The van der Waals surface area contributed by atoms with Gasteiger partial charge in [0.05, 0.1) is 0 Å². The lowest BCUT2D eigenvalue weighted by Crippen LogP contribution is -2.02. The van der Waals surface area contributed by atoms with Gasteiger partial charge in [-0.05, 0) is 13.0 Å². The quantitative estimate of drug-likeness (QED) is 0.540. The molecular weight excluding hydrogens is 195 g/mol. The number of carbonyl (C=O) groups excluding carboxylic acids is 1. The predicted octanol–water partition coefficient (Wildman–Crippen LogP) is 1.55. The summed E-state index contributed by atoms with van der Waals surface area (Å²) in [4.78, 5) is 10.3. The van der Waals surface area contributed by atoms with E-state index in [0.717, 1.165) is 6.07 Å². The van der Waals surface area contributed by atoms with E-state index in [4.69, 9.17) is 0 Å². The Hall–Kier alpha value is -1.23. The van der Waals surface area contributed by atoms with Crippen molar-refractivity contribution in [1.29, 1.82) is 0 Å². The summed E-state index contributed by atoms with van der Waals surface area (Å²) in [5, 5.41) is 0. The molecule has 1 aromatic rings. The van der Waals surface area contributed by atoms with E-state index in [1.165, 1.54) is 25.1 Å². The summed E-state index contributed by atoms with van der Waals surface area (Å²) >= 11 is 0. The van der Waals surface area contributed by atoms with E-state index in [-0.39, 0.29) is 5.56 Å². The van der Waals surface area contributed by atoms with Gasteiger partial charge in [0.15, 0.2) is 5.78 Å². The Morgan fingerprint density at radius 3 is 2.23 bits per heavy atom. The number of hydrogen-bond donors (Lipinski definition) is 0. The van der Waals surface area contributed by atoms with Crippen LogP contribution in [0.3, 0.4) is 0 Å². The number of halogens is 1. The monoisotopic (exact) mass is 202 g/mol. The highest BCUT2D eigenvalue weighted by atomic mass is 32.3. The van der Waals surface area contributed by atoms with Crippen LogP contribution in [0.4, 0.5) is 3.89 Å². The highest BCUT2D eigenvalue weighted by Gasteiger charge is 2.18. The number of rotatable bonds is 2. The fourth-order valence-electron chi connectivity index (χ4n) is 0.970. The molecule has 0 bridgehead atoms. The van der Waals surface area contributed by atoms with Gasteiger partial charge < -0.3 is 0 Å². The van der Waals surface area contributed by atoms with Crippen molar-refractivity contribution in [3.63, 3.8) is 0 Å². The molecule has 0 heterocycles. The van der Waals surface area contributed by atoms with Gasteiger partial charge in [-0.1, -0.05) is 18.2 Å². The second kappa shape index (κ2) is 3.26. The minimum Gasteiger partial charge on any atom is -0.294 e. The first-order valence-corrected chi connectivity index (χ1v) is 4.86. The van der Waals surface area contributed by atoms with Crippen molar-refractivity contribution in [3.05, 3.63) is 29.8 Å². The number of hydrogen-bond acceptors (Lipinski definition) is 3. The molecule has 1 aromatic carbocycles. The number of ketones is 1. The zero-order chi connectivity index (χ0) is 10.1. The van der Waals surface area contributed by atoms with Crippen LogP contribution in [0.1, 0.15) is 17.3 Å². The van der Waals surface area contributed by atoms with Gasteiger partial charge in [-0.2, -0.15) is 8.42 Å². The van der Waals surface area contributed by atoms with Crippen molar-refractivity contribution in [2.45, 2.75) is 11.8 Å². The van der Waals surface area contributed by atoms with Gasteiger partial charge in [0.1, 0.15) is 4.90 Å². The third-order valence-electron chi connectivity index (χ3n) is 1.53. The molecule has 0 fully saturated rings. The molecule has 13 heavy (non-hydrogen) atoms. The Morgan fingerprint density at radius 2 is 1.85 bits per heavy atom. The molecule has 0 aliphatic rings. The molecule has 0 saturated carbocycles. The van der Waals surface area contributed by atoms with Crippen LogP contribution < -0.4 is 0 Å². The topological polar surface area (TPSA) is 51.2 Å². The SMILES string of the molecule is CC(=O)c1ccccc1S(=O)(=O)F. The summed E-state index contributed by atoms with van der Waals surface area (Å²) in [7, 11) is -4.80. The first-order valence-electron chi connectivity index (χ1n) is 3.47. The van der Waals surface area contributed by atoms with Gasteiger partial charge in [-0.25, -0.2) is 0 Å². The summed E-state index contributed by atoms with van der Waals surface area (Å²) in [6.45, 7) is 1.18. The lowest BCUT2D eigenvalue weighted by molar-refractivity contribution is 0.101. The van der Waals surface area contributed by atoms with Crippen molar-refractivity contribution in [2.24, 2.45) is 0 Å². The lowest BCUT2D eigenvalue weighted by atomic mass is 10.1. The summed E-state index contributed by atoms with van der Waals surface area (Å²) in [5.74, 6) is -0.475.